The number of carbonyl (C=O) groups excluding carboxylic acids is 1. The van der Waals surface area contributed by atoms with Crippen LogP contribution >= 0.6 is 34.4 Å². The summed E-state index contributed by atoms with van der Waals surface area (Å²) in [4.78, 5) is 30.4. The summed E-state index contributed by atoms with van der Waals surface area (Å²) in [7, 11) is 3.25. The number of rotatable bonds is 7. The quantitative estimate of drug-likeness (QED) is 0.255. The Hall–Kier alpha value is -3.31. The normalized spacial score (nSPS) is 15.6. The number of carboxylic acids is 1. The molecule has 1 amide bonds. The zero-order chi connectivity index (χ0) is 25.8. The summed E-state index contributed by atoms with van der Waals surface area (Å²) in [5, 5.41) is 9.57. The zero-order valence-electron chi connectivity index (χ0n) is 19.8. The summed E-state index contributed by atoms with van der Waals surface area (Å²) in [6.45, 7) is 2.46. The highest BCUT2D eigenvalue weighted by Gasteiger charge is 2.30. The first-order valence-corrected chi connectivity index (χ1v) is 12.8. The van der Waals surface area contributed by atoms with Crippen LogP contribution in [0.15, 0.2) is 70.6 Å². The highest BCUT2D eigenvalue weighted by Crippen LogP contribution is 2.38. The number of amidine groups is 1. The summed E-state index contributed by atoms with van der Waals surface area (Å²) >= 11 is 3.46. The molecule has 0 spiro atoms. The van der Waals surface area contributed by atoms with E-state index in [-0.39, 0.29) is 11.5 Å². The molecule has 3 aromatic rings. The highest BCUT2D eigenvalue weighted by molar-refractivity contribution is 14.1. The van der Waals surface area contributed by atoms with E-state index in [1.807, 2.05) is 37.3 Å². The number of aliphatic imine (C=N–C) groups is 1. The van der Waals surface area contributed by atoms with E-state index in [4.69, 9.17) is 14.6 Å². The number of likely N-dealkylation sites (N-methyl/N-ethyl adjacent to an activating group) is 1. The third-order valence-corrected chi connectivity index (χ3v) is 7.22. The molecule has 0 atom stereocenters. The molecule has 1 heterocycles. The third-order valence-electron chi connectivity index (χ3n) is 5.36. The number of ether oxygens (including phenoxy) is 2. The Balaban J connectivity index is 1.55. The number of aromatic carboxylic acids is 1. The molecule has 7 nitrogen and oxygen atoms in total. The molecular formula is C27H23IN2O5S. The standard InChI is InChI=1S/C27H23IN2O5S/c1-16-5-4-6-17(11-16)15-35-24-21(28)12-18(13-22(24)34-3)14-23-25(31)30(2)27(36-23)29-20-9-7-19(8-10-20)26(32)33/h4-14H,15H2,1-3H3,(H,32,33)/b23-14-,29-27?. The molecule has 1 fully saturated rings. The number of amides is 1. The highest BCUT2D eigenvalue weighted by atomic mass is 127. The average Bonchev–Trinajstić information content (AvgIpc) is 3.11. The Labute approximate surface area is 227 Å². The van der Waals surface area contributed by atoms with Gasteiger partial charge in [0.1, 0.15) is 6.61 Å². The van der Waals surface area contributed by atoms with Crippen LogP contribution in [0.4, 0.5) is 5.69 Å². The molecule has 0 aliphatic carbocycles. The number of hydrogen-bond donors (Lipinski definition) is 1. The molecule has 4 rings (SSSR count). The minimum absolute atomic E-state index is 0.172. The van der Waals surface area contributed by atoms with Crippen molar-refractivity contribution in [3.8, 4) is 11.5 Å². The fourth-order valence-corrected chi connectivity index (χ4v) is 5.28. The van der Waals surface area contributed by atoms with Crippen molar-refractivity contribution in [1.29, 1.82) is 0 Å². The van der Waals surface area contributed by atoms with Gasteiger partial charge in [0.25, 0.3) is 5.91 Å². The van der Waals surface area contributed by atoms with Crippen molar-refractivity contribution in [3.63, 3.8) is 0 Å². The van der Waals surface area contributed by atoms with E-state index in [0.29, 0.717) is 33.9 Å². The Morgan fingerprint density at radius 1 is 1.17 bits per heavy atom. The van der Waals surface area contributed by atoms with Crippen molar-refractivity contribution >= 4 is 63.2 Å². The predicted molar refractivity (Wildman–Crippen MR) is 150 cm³/mol. The molecule has 0 bridgehead atoms. The molecule has 36 heavy (non-hydrogen) atoms. The maximum atomic E-state index is 12.9. The van der Waals surface area contributed by atoms with Gasteiger partial charge in [0.2, 0.25) is 0 Å². The van der Waals surface area contributed by atoms with Gasteiger partial charge in [-0.15, -0.1) is 0 Å². The van der Waals surface area contributed by atoms with Crippen LogP contribution in [0.2, 0.25) is 0 Å². The van der Waals surface area contributed by atoms with Gasteiger partial charge >= 0.3 is 5.97 Å². The molecule has 1 N–H and O–H groups in total. The molecule has 0 unspecified atom stereocenters. The lowest BCUT2D eigenvalue weighted by Crippen LogP contribution is -2.23. The molecule has 0 radical (unpaired) electrons. The summed E-state index contributed by atoms with van der Waals surface area (Å²) in [5.41, 5.74) is 3.78. The molecule has 1 saturated heterocycles. The van der Waals surface area contributed by atoms with Gasteiger partial charge in [-0.1, -0.05) is 29.8 Å². The monoisotopic (exact) mass is 614 g/mol. The number of hydrogen-bond acceptors (Lipinski definition) is 6. The molecule has 0 aromatic heterocycles. The molecule has 3 aromatic carbocycles. The van der Waals surface area contributed by atoms with Crippen LogP contribution in [-0.2, 0) is 11.4 Å². The van der Waals surface area contributed by atoms with E-state index in [2.05, 4.69) is 33.6 Å². The molecule has 9 heteroatoms. The van der Waals surface area contributed by atoms with Gasteiger partial charge < -0.3 is 14.6 Å². The minimum atomic E-state index is -1.00. The van der Waals surface area contributed by atoms with Crippen LogP contribution in [0.25, 0.3) is 6.08 Å². The Kier molecular flexibility index (Phi) is 8.00. The van der Waals surface area contributed by atoms with Crippen LogP contribution in [-0.4, -0.2) is 41.2 Å². The van der Waals surface area contributed by atoms with Crippen LogP contribution in [0.3, 0.4) is 0 Å². The van der Waals surface area contributed by atoms with E-state index < -0.39 is 5.97 Å². The Bertz CT molecular complexity index is 1390. The van der Waals surface area contributed by atoms with Crippen molar-refractivity contribution in [2.45, 2.75) is 13.5 Å². The summed E-state index contributed by atoms with van der Waals surface area (Å²) in [6, 6.07) is 18.1. The van der Waals surface area contributed by atoms with Gasteiger partial charge in [0.15, 0.2) is 16.7 Å². The van der Waals surface area contributed by atoms with Gasteiger partial charge in [0, 0.05) is 7.05 Å². The lowest BCUT2D eigenvalue weighted by Gasteiger charge is -2.14. The zero-order valence-corrected chi connectivity index (χ0v) is 22.8. The second-order valence-electron chi connectivity index (χ2n) is 8.03. The Morgan fingerprint density at radius 2 is 1.92 bits per heavy atom. The molecular weight excluding hydrogens is 591 g/mol. The number of aryl methyl sites for hydroxylation is 1. The van der Waals surface area contributed by atoms with E-state index in [1.165, 1.54) is 34.4 Å². The smallest absolute Gasteiger partial charge is 0.335 e. The van der Waals surface area contributed by atoms with E-state index in [9.17, 15) is 9.59 Å². The second kappa shape index (κ2) is 11.2. The van der Waals surface area contributed by atoms with E-state index in [0.717, 1.165) is 14.7 Å². The number of methoxy groups -OCH3 is 1. The van der Waals surface area contributed by atoms with Crippen LogP contribution < -0.4 is 9.47 Å². The lowest BCUT2D eigenvalue weighted by atomic mass is 10.1. The predicted octanol–water partition coefficient (Wildman–Crippen LogP) is 6.12. The number of benzene rings is 3. The molecule has 0 saturated carbocycles. The fourth-order valence-electron chi connectivity index (χ4n) is 3.51. The largest absolute Gasteiger partial charge is 0.493 e. The number of nitrogens with zero attached hydrogens (tertiary/aromatic N) is 2. The van der Waals surface area contributed by atoms with Gasteiger partial charge in [0.05, 0.1) is 26.8 Å². The third kappa shape index (κ3) is 5.90. The average molecular weight is 614 g/mol. The fraction of sp³-hybridized carbons (Fsp3) is 0.148. The summed E-state index contributed by atoms with van der Waals surface area (Å²) in [5.74, 6) is 0.0576. The van der Waals surface area contributed by atoms with Gasteiger partial charge in [-0.25, -0.2) is 9.79 Å². The number of carbonyl (C=O) groups is 2. The van der Waals surface area contributed by atoms with Gasteiger partial charge in [-0.3, -0.25) is 9.69 Å². The van der Waals surface area contributed by atoms with Crippen molar-refractivity contribution < 1.29 is 24.2 Å². The second-order valence-corrected chi connectivity index (χ2v) is 10.2. The summed E-state index contributed by atoms with van der Waals surface area (Å²) < 4.78 is 12.5. The van der Waals surface area contributed by atoms with E-state index in [1.54, 1.807) is 32.4 Å². The Morgan fingerprint density at radius 3 is 2.58 bits per heavy atom. The topological polar surface area (TPSA) is 88.4 Å². The first kappa shape index (κ1) is 25.8. The maximum Gasteiger partial charge on any atom is 0.335 e. The maximum absolute atomic E-state index is 12.9. The van der Waals surface area contributed by atoms with E-state index >= 15 is 0 Å². The number of halogens is 1. The van der Waals surface area contributed by atoms with Gasteiger partial charge in [-0.2, -0.15) is 0 Å². The summed E-state index contributed by atoms with van der Waals surface area (Å²) in [6.07, 6.45) is 1.80. The van der Waals surface area contributed by atoms with Crippen molar-refractivity contribution in [1.82, 2.24) is 4.90 Å². The molecule has 184 valence electrons. The first-order chi connectivity index (χ1) is 17.2. The van der Waals surface area contributed by atoms with Crippen LogP contribution in [0, 0.1) is 10.5 Å². The number of thioether (sulfide) groups is 1. The van der Waals surface area contributed by atoms with Crippen LogP contribution in [0.5, 0.6) is 11.5 Å². The van der Waals surface area contributed by atoms with Crippen molar-refractivity contribution in [3.05, 3.63) is 91.4 Å². The first-order valence-electron chi connectivity index (χ1n) is 10.9. The minimum Gasteiger partial charge on any atom is -0.493 e. The number of carboxylic acid groups (broad SMARTS) is 1. The van der Waals surface area contributed by atoms with Crippen molar-refractivity contribution in [2.24, 2.45) is 4.99 Å². The van der Waals surface area contributed by atoms with Gasteiger partial charge in [-0.05, 0) is 94.9 Å². The molecule has 1 aliphatic heterocycles. The lowest BCUT2D eigenvalue weighted by molar-refractivity contribution is -0.121. The van der Waals surface area contributed by atoms with Crippen molar-refractivity contribution in [2.75, 3.05) is 14.2 Å². The van der Waals surface area contributed by atoms with Crippen LogP contribution in [0.1, 0.15) is 27.0 Å². The SMILES string of the molecule is COc1cc(/C=C2\SC(=Nc3ccc(C(=O)O)cc3)N(C)C2=O)cc(I)c1OCc1cccc(C)c1. The molecule has 1 aliphatic rings.